The standard InChI is InChI=1S/C21H29N5O2S/c1-22-21-18-15-25(2)11-9-19(18)23-20(24-21)17-8-12-26(14-17)29(27,28)13-10-16-6-4-3-5-7-16/h3-7,17H,8-15H2,1-2H3,(H,22,23,24)/t17-/m0/s1. The van der Waals surface area contributed by atoms with Crippen molar-refractivity contribution in [2.24, 2.45) is 0 Å². The van der Waals surface area contributed by atoms with Gasteiger partial charge in [0.1, 0.15) is 11.6 Å². The number of aromatic nitrogens is 2. The van der Waals surface area contributed by atoms with Gasteiger partial charge in [0.2, 0.25) is 10.0 Å². The van der Waals surface area contributed by atoms with Gasteiger partial charge in [0.05, 0.1) is 11.4 Å². The zero-order chi connectivity index (χ0) is 20.4. The van der Waals surface area contributed by atoms with Gasteiger partial charge in [-0.15, -0.1) is 0 Å². The normalized spacial score (nSPS) is 20.6. The van der Waals surface area contributed by atoms with Gasteiger partial charge < -0.3 is 10.2 Å². The highest BCUT2D eigenvalue weighted by atomic mass is 32.2. The Morgan fingerprint density at radius 3 is 2.72 bits per heavy atom. The van der Waals surface area contributed by atoms with Crippen LogP contribution in [0.4, 0.5) is 5.82 Å². The Balaban J connectivity index is 1.47. The molecule has 0 unspecified atom stereocenters. The number of rotatable bonds is 6. The number of likely N-dealkylation sites (N-methyl/N-ethyl adjacent to an activating group) is 1. The molecule has 1 saturated heterocycles. The van der Waals surface area contributed by atoms with Crippen molar-refractivity contribution in [1.29, 1.82) is 0 Å². The van der Waals surface area contributed by atoms with E-state index in [0.717, 1.165) is 54.4 Å². The molecule has 29 heavy (non-hydrogen) atoms. The molecule has 0 radical (unpaired) electrons. The second-order valence-corrected chi connectivity index (χ2v) is 10.1. The molecule has 0 aliphatic carbocycles. The molecule has 1 atom stereocenters. The van der Waals surface area contributed by atoms with Crippen molar-refractivity contribution in [3.8, 4) is 0 Å². The summed E-state index contributed by atoms with van der Waals surface area (Å²) in [7, 11) is 0.704. The average molecular weight is 416 g/mol. The number of aryl methyl sites for hydroxylation is 1. The minimum atomic E-state index is -3.28. The first-order valence-corrected chi connectivity index (χ1v) is 11.8. The number of fused-ring (bicyclic) bond motifs is 1. The largest absolute Gasteiger partial charge is 0.373 e. The van der Waals surface area contributed by atoms with Crippen LogP contribution in [0.25, 0.3) is 0 Å². The molecule has 0 amide bonds. The fraction of sp³-hybridized carbons (Fsp3) is 0.524. The molecule has 1 aromatic carbocycles. The van der Waals surface area contributed by atoms with Crippen LogP contribution in [0.2, 0.25) is 0 Å². The molecule has 4 rings (SSSR count). The molecule has 2 aromatic rings. The van der Waals surface area contributed by atoms with Crippen molar-refractivity contribution in [3.63, 3.8) is 0 Å². The summed E-state index contributed by atoms with van der Waals surface area (Å²) in [6, 6.07) is 9.77. The van der Waals surface area contributed by atoms with E-state index < -0.39 is 10.0 Å². The van der Waals surface area contributed by atoms with Crippen LogP contribution >= 0.6 is 0 Å². The third-order valence-corrected chi connectivity index (χ3v) is 7.74. The van der Waals surface area contributed by atoms with Gasteiger partial charge in [-0.25, -0.2) is 22.7 Å². The number of nitrogens with one attached hydrogen (secondary N) is 1. The van der Waals surface area contributed by atoms with E-state index in [-0.39, 0.29) is 11.7 Å². The molecular formula is C21H29N5O2S. The van der Waals surface area contributed by atoms with Crippen LogP contribution in [0.5, 0.6) is 0 Å². The maximum absolute atomic E-state index is 12.8. The highest BCUT2D eigenvalue weighted by Gasteiger charge is 2.34. The van der Waals surface area contributed by atoms with Crippen LogP contribution in [0.3, 0.4) is 0 Å². The van der Waals surface area contributed by atoms with Crippen molar-refractivity contribution >= 4 is 15.8 Å². The van der Waals surface area contributed by atoms with E-state index in [1.165, 1.54) is 0 Å². The predicted octanol–water partition coefficient (Wildman–Crippen LogP) is 1.87. The second-order valence-electron chi connectivity index (χ2n) is 7.99. The van der Waals surface area contributed by atoms with Crippen molar-refractivity contribution in [2.45, 2.75) is 31.7 Å². The Labute approximate surface area is 173 Å². The highest BCUT2D eigenvalue weighted by Crippen LogP contribution is 2.31. The van der Waals surface area contributed by atoms with Gasteiger partial charge in [0, 0.05) is 51.1 Å². The summed E-state index contributed by atoms with van der Waals surface area (Å²) in [5.41, 5.74) is 3.31. The van der Waals surface area contributed by atoms with Crippen LogP contribution in [0.15, 0.2) is 30.3 Å². The lowest BCUT2D eigenvalue weighted by Gasteiger charge is -2.26. The van der Waals surface area contributed by atoms with Crippen molar-refractivity contribution in [2.75, 3.05) is 44.8 Å². The molecule has 1 fully saturated rings. The quantitative estimate of drug-likeness (QED) is 0.776. The molecule has 156 valence electrons. The fourth-order valence-electron chi connectivity index (χ4n) is 4.17. The number of nitrogens with zero attached hydrogens (tertiary/aromatic N) is 4. The molecule has 8 heteroatoms. The SMILES string of the molecule is CNc1nc([C@H]2CCN(S(=O)(=O)CCc3ccccc3)C2)nc2c1CN(C)CC2. The molecule has 7 nitrogen and oxygen atoms in total. The van der Waals surface area contributed by atoms with Crippen LogP contribution < -0.4 is 5.32 Å². The summed E-state index contributed by atoms with van der Waals surface area (Å²) >= 11 is 0. The van der Waals surface area contributed by atoms with Gasteiger partial charge in [0.15, 0.2) is 0 Å². The van der Waals surface area contributed by atoms with E-state index in [1.54, 1.807) is 4.31 Å². The Hall–Kier alpha value is -2.03. The van der Waals surface area contributed by atoms with Gasteiger partial charge in [-0.3, -0.25) is 0 Å². The van der Waals surface area contributed by atoms with Gasteiger partial charge in [-0.1, -0.05) is 30.3 Å². The summed E-state index contributed by atoms with van der Waals surface area (Å²) < 4.78 is 27.3. The van der Waals surface area contributed by atoms with Crippen LogP contribution in [-0.2, 0) is 29.4 Å². The number of sulfonamides is 1. The number of hydrogen-bond donors (Lipinski definition) is 1. The molecule has 3 heterocycles. The molecule has 1 aromatic heterocycles. The lowest BCUT2D eigenvalue weighted by molar-refractivity contribution is 0.309. The van der Waals surface area contributed by atoms with E-state index >= 15 is 0 Å². The summed E-state index contributed by atoms with van der Waals surface area (Å²) in [6.45, 7) is 2.84. The predicted molar refractivity (Wildman–Crippen MR) is 114 cm³/mol. The molecule has 2 aliphatic rings. The maximum atomic E-state index is 12.8. The fourth-order valence-corrected chi connectivity index (χ4v) is 5.71. The number of anilines is 1. The zero-order valence-corrected chi connectivity index (χ0v) is 18.0. The van der Waals surface area contributed by atoms with E-state index in [2.05, 4.69) is 17.3 Å². The van der Waals surface area contributed by atoms with Crippen LogP contribution in [0.1, 0.15) is 35.0 Å². The van der Waals surface area contributed by atoms with Gasteiger partial charge in [-0.2, -0.15) is 0 Å². The molecule has 0 spiro atoms. The van der Waals surface area contributed by atoms with Crippen molar-refractivity contribution in [1.82, 2.24) is 19.2 Å². The van der Waals surface area contributed by atoms with Crippen LogP contribution in [0, 0.1) is 0 Å². The van der Waals surface area contributed by atoms with E-state index in [1.807, 2.05) is 37.4 Å². The Morgan fingerprint density at radius 2 is 1.97 bits per heavy atom. The lowest BCUT2D eigenvalue weighted by Crippen LogP contribution is -2.32. The van der Waals surface area contributed by atoms with E-state index in [0.29, 0.717) is 19.5 Å². The first kappa shape index (κ1) is 20.3. The first-order valence-electron chi connectivity index (χ1n) is 10.2. The Morgan fingerprint density at radius 1 is 1.17 bits per heavy atom. The number of benzene rings is 1. The summed E-state index contributed by atoms with van der Waals surface area (Å²) in [6.07, 6.45) is 2.21. The first-order chi connectivity index (χ1) is 14.0. The molecule has 1 N–H and O–H groups in total. The third kappa shape index (κ3) is 4.44. The molecule has 0 bridgehead atoms. The maximum Gasteiger partial charge on any atom is 0.214 e. The third-order valence-electron chi connectivity index (χ3n) is 5.91. The Bertz CT molecular complexity index is 947. The topological polar surface area (TPSA) is 78.4 Å². The monoisotopic (exact) mass is 415 g/mol. The zero-order valence-electron chi connectivity index (χ0n) is 17.1. The van der Waals surface area contributed by atoms with E-state index in [9.17, 15) is 8.42 Å². The van der Waals surface area contributed by atoms with E-state index in [4.69, 9.17) is 9.97 Å². The van der Waals surface area contributed by atoms with Crippen LogP contribution in [-0.4, -0.2) is 67.1 Å². The van der Waals surface area contributed by atoms with Gasteiger partial charge in [0.25, 0.3) is 0 Å². The minimum Gasteiger partial charge on any atom is -0.373 e. The highest BCUT2D eigenvalue weighted by molar-refractivity contribution is 7.89. The molecular weight excluding hydrogens is 386 g/mol. The van der Waals surface area contributed by atoms with Crippen molar-refractivity contribution < 1.29 is 8.42 Å². The summed E-state index contributed by atoms with van der Waals surface area (Å²) in [4.78, 5) is 11.9. The summed E-state index contributed by atoms with van der Waals surface area (Å²) in [5.74, 6) is 1.85. The van der Waals surface area contributed by atoms with Gasteiger partial charge >= 0.3 is 0 Å². The van der Waals surface area contributed by atoms with Gasteiger partial charge in [-0.05, 0) is 25.5 Å². The number of hydrogen-bond acceptors (Lipinski definition) is 6. The molecule has 0 saturated carbocycles. The second kappa shape index (κ2) is 8.38. The Kier molecular flexibility index (Phi) is 5.85. The lowest BCUT2D eigenvalue weighted by atomic mass is 10.0. The molecule has 2 aliphatic heterocycles. The minimum absolute atomic E-state index is 0.0542. The average Bonchev–Trinajstić information content (AvgIpc) is 3.24. The van der Waals surface area contributed by atoms with Crippen molar-refractivity contribution in [3.05, 3.63) is 53.0 Å². The summed E-state index contributed by atoms with van der Waals surface area (Å²) in [5, 5.41) is 3.21. The smallest absolute Gasteiger partial charge is 0.214 e.